The number of benzene rings is 2. The number of amides is 1. The molecule has 0 unspecified atom stereocenters. The molecule has 1 amide bonds. The summed E-state index contributed by atoms with van der Waals surface area (Å²) in [7, 11) is 0. The molecule has 0 radical (unpaired) electrons. The van der Waals surface area contributed by atoms with E-state index in [9.17, 15) is 27.2 Å². The molecule has 0 bridgehead atoms. The zero-order valence-corrected chi connectivity index (χ0v) is 19.5. The molecule has 0 atom stereocenters. The van der Waals surface area contributed by atoms with Crippen molar-refractivity contribution in [1.82, 2.24) is 4.90 Å². The molecule has 4 rings (SSSR count). The topological polar surface area (TPSA) is 85.8 Å². The van der Waals surface area contributed by atoms with Crippen molar-refractivity contribution < 1.29 is 36.3 Å². The monoisotopic (exact) mass is 514 g/mol. The number of alkyl halides is 3. The SMILES string of the molecule is NCc1cccc(C2CCN(C(=O)c3oc(C#Cc4ccccc4F)cc3OC(=O)C(F)(F)F)CC2)c1. The molecule has 6 nitrogen and oxygen atoms in total. The number of esters is 1. The Bertz CT molecular complexity index is 1360. The van der Waals surface area contributed by atoms with E-state index < -0.39 is 35.4 Å². The number of piperidine rings is 1. The number of halogens is 4. The minimum absolute atomic E-state index is 0.0152. The summed E-state index contributed by atoms with van der Waals surface area (Å²) in [5, 5.41) is 0. The number of nitrogens with zero attached hydrogens (tertiary/aromatic N) is 1. The summed E-state index contributed by atoms with van der Waals surface area (Å²) in [5.41, 5.74) is 7.82. The first-order chi connectivity index (χ1) is 17.7. The number of furan rings is 1. The van der Waals surface area contributed by atoms with Crippen LogP contribution in [-0.4, -0.2) is 36.0 Å². The maximum absolute atomic E-state index is 13.9. The first kappa shape index (κ1) is 26.0. The molecule has 2 N–H and O–H groups in total. The van der Waals surface area contributed by atoms with E-state index in [-0.39, 0.29) is 17.2 Å². The van der Waals surface area contributed by atoms with E-state index in [2.05, 4.69) is 16.6 Å². The first-order valence-corrected chi connectivity index (χ1v) is 11.4. The average Bonchev–Trinajstić information content (AvgIpc) is 3.29. The number of hydrogen-bond acceptors (Lipinski definition) is 5. The highest BCUT2D eigenvalue weighted by atomic mass is 19.4. The van der Waals surface area contributed by atoms with E-state index in [1.807, 2.05) is 24.3 Å². The fraction of sp³-hybridized carbons (Fsp3) is 0.259. The molecule has 1 fully saturated rings. The van der Waals surface area contributed by atoms with Gasteiger partial charge in [-0.15, -0.1) is 0 Å². The predicted molar refractivity (Wildman–Crippen MR) is 125 cm³/mol. The van der Waals surface area contributed by atoms with Crippen molar-refractivity contribution in [2.75, 3.05) is 13.1 Å². The Morgan fingerprint density at radius 1 is 1.05 bits per heavy atom. The molecule has 37 heavy (non-hydrogen) atoms. The van der Waals surface area contributed by atoms with Crippen molar-refractivity contribution in [2.45, 2.75) is 31.5 Å². The Morgan fingerprint density at radius 2 is 1.78 bits per heavy atom. The Labute approximate surface area is 210 Å². The lowest BCUT2D eigenvalue weighted by Crippen LogP contribution is -2.38. The van der Waals surface area contributed by atoms with Crippen molar-refractivity contribution in [1.29, 1.82) is 0 Å². The van der Waals surface area contributed by atoms with Crippen molar-refractivity contribution in [2.24, 2.45) is 5.73 Å². The van der Waals surface area contributed by atoms with Crippen LogP contribution in [0.2, 0.25) is 0 Å². The van der Waals surface area contributed by atoms with Crippen molar-refractivity contribution in [3.05, 3.63) is 88.6 Å². The number of carbonyl (C=O) groups is 2. The highest BCUT2D eigenvalue weighted by Gasteiger charge is 2.43. The van der Waals surface area contributed by atoms with E-state index >= 15 is 0 Å². The van der Waals surface area contributed by atoms with Gasteiger partial charge in [-0.2, -0.15) is 13.2 Å². The van der Waals surface area contributed by atoms with Crippen LogP contribution in [0.4, 0.5) is 17.6 Å². The lowest BCUT2D eigenvalue weighted by molar-refractivity contribution is -0.189. The summed E-state index contributed by atoms with van der Waals surface area (Å²) in [4.78, 5) is 26.1. The summed E-state index contributed by atoms with van der Waals surface area (Å²) in [5.74, 6) is -0.273. The highest BCUT2D eigenvalue weighted by Crippen LogP contribution is 2.32. The van der Waals surface area contributed by atoms with Gasteiger partial charge in [-0.1, -0.05) is 42.3 Å². The lowest BCUT2D eigenvalue weighted by atomic mass is 9.88. The van der Waals surface area contributed by atoms with Gasteiger partial charge in [-0.25, -0.2) is 9.18 Å². The van der Waals surface area contributed by atoms with Gasteiger partial charge in [0.1, 0.15) is 5.82 Å². The Kier molecular flexibility index (Phi) is 7.64. The molecule has 2 heterocycles. The number of likely N-dealkylation sites (tertiary alicyclic amines) is 1. The van der Waals surface area contributed by atoms with Gasteiger partial charge >= 0.3 is 12.1 Å². The number of hydrogen-bond donors (Lipinski definition) is 1. The Balaban J connectivity index is 1.55. The maximum atomic E-state index is 13.9. The maximum Gasteiger partial charge on any atom is 0.491 e. The van der Waals surface area contributed by atoms with Crippen LogP contribution in [0.5, 0.6) is 5.75 Å². The van der Waals surface area contributed by atoms with Gasteiger partial charge in [-0.3, -0.25) is 4.79 Å². The molecule has 1 saturated heterocycles. The molecule has 2 aromatic carbocycles. The third-order valence-electron chi connectivity index (χ3n) is 5.96. The van der Waals surface area contributed by atoms with E-state index in [1.165, 1.54) is 23.1 Å². The quantitative estimate of drug-likeness (QED) is 0.308. The normalized spacial score (nSPS) is 14.1. The van der Waals surface area contributed by atoms with Crippen LogP contribution in [0.25, 0.3) is 0 Å². The summed E-state index contributed by atoms with van der Waals surface area (Å²) < 4.78 is 62.2. The van der Waals surface area contributed by atoms with Crippen LogP contribution in [0.1, 0.15) is 51.8 Å². The van der Waals surface area contributed by atoms with E-state index in [4.69, 9.17) is 10.2 Å². The second kappa shape index (κ2) is 10.9. The van der Waals surface area contributed by atoms with Gasteiger partial charge in [0.05, 0.1) is 5.56 Å². The molecule has 1 aliphatic rings. The zero-order chi connectivity index (χ0) is 26.6. The fourth-order valence-electron chi connectivity index (χ4n) is 4.04. The molecule has 1 aromatic heterocycles. The third-order valence-corrected chi connectivity index (χ3v) is 5.96. The van der Waals surface area contributed by atoms with Crippen LogP contribution in [0.15, 0.2) is 59.0 Å². The second-order valence-corrected chi connectivity index (χ2v) is 8.44. The van der Waals surface area contributed by atoms with E-state index in [0.717, 1.165) is 17.2 Å². The smallest absolute Gasteiger partial charge is 0.438 e. The van der Waals surface area contributed by atoms with Crippen molar-refractivity contribution in [3.63, 3.8) is 0 Å². The van der Waals surface area contributed by atoms with Crippen LogP contribution < -0.4 is 10.5 Å². The minimum Gasteiger partial charge on any atom is -0.438 e. The first-order valence-electron chi connectivity index (χ1n) is 11.4. The van der Waals surface area contributed by atoms with Crippen molar-refractivity contribution in [3.8, 4) is 17.6 Å². The number of carbonyl (C=O) groups excluding carboxylic acids is 2. The minimum atomic E-state index is -5.28. The Hall–Kier alpha value is -4.10. The van der Waals surface area contributed by atoms with Gasteiger partial charge in [0.25, 0.3) is 5.91 Å². The number of nitrogens with two attached hydrogens (primary N) is 1. The summed E-state index contributed by atoms with van der Waals surface area (Å²) in [6, 6.07) is 14.4. The van der Waals surface area contributed by atoms with Crippen LogP contribution >= 0.6 is 0 Å². The fourth-order valence-corrected chi connectivity index (χ4v) is 4.04. The number of ether oxygens (including phenoxy) is 1. The second-order valence-electron chi connectivity index (χ2n) is 8.44. The summed E-state index contributed by atoms with van der Waals surface area (Å²) in [6.07, 6.45) is -4.07. The van der Waals surface area contributed by atoms with Gasteiger partial charge in [-0.05, 0) is 47.9 Å². The summed E-state index contributed by atoms with van der Waals surface area (Å²) in [6.45, 7) is 1.02. The zero-order valence-electron chi connectivity index (χ0n) is 19.5. The molecule has 1 aliphatic heterocycles. The number of rotatable bonds is 4. The Morgan fingerprint density at radius 3 is 2.46 bits per heavy atom. The standard InChI is InChI=1S/C27H22F4N2O4/c28-22-7-2-1-5-19(22)8-9-21-15-23(37-26(35)27(29,30)31)24(36-21)25(34)33-12-10-18(11-13-33)20-6-3-4-17(14-20)16-32/h1-7,14-15,18H,10-13,16,32H2. The average molecular weight is 514 g/mol. The molecule has 10 heteroatoms. The molecule has 192 valence electrons. The molecule has 0 aliphatic carbocycles. The molecule has 3 aromatic rings. The van der Waals surface area contributed by atoms with Crippen LogP contribution in [0, 0.1) is 17.7 Å². The largest absolute Gasteiger partial charge is 0.491 e. The van der Waals surface area contributed by atoms with Crippen LogP contribution in [0.3, 0.4) is 0 Å². The molecular formula is C27H22F4N2O4. The van der Waals surface area contributed by atoms with E-state index in [1.54, 1.807) is 6.07 Å². The molecule has 0 saturated carbocycles. The molecular weight excluding hydrogens is 492 g/mol. The highest BCUT2D eigenvalue weighted by molar-refractivity contribution is 5.95. The predicted octanol–water partition coefficient (Wildman–Crippen LogP) is 4.76. The van der Waals surface area contributed by atoms with E-state index in [0.29, 0.717) is 32.5 Å². The van der Waals surface area contributed by atoms with Gasteiger partial charge in [0.2, 0.25) is 5.76 Å². The van der Waals surface area contributed by atoms with Gasteiger partial charge in [0.15, 0.2) is 11.5 Å². The van der Waals surface area contributed by atoms with Crippen LogP contribution in [-0.2, 0) is 11.3 Å². The lowest BCUT2D eigenvalue weighted by Gasteiger charge is -2.32. The third kappa shape index (κ3) is 6.19. The molecule has 0 spiro atoms. The van der Waals surface area contributed by atoms with Crippen molar-refractivity contribution >= 4 is 11.9 Å². The van der Waals surface area contributed by atoms with Gasteiger partial charge < -0.3 is 19.8 Å². The van der Waals surface area contributed by atoms with Gasteiger partial charge in [0, 0.05) is 25.7 Å². The summed E-state index contributed by atoms with van der Waals surface area (Å²) >= 11 is 0.